The van der Waals surface area contributed by atoms with E-state index < -0.39 is 17.8 Å². The fraction of sp³-hybridized carbons (Fsp3) is 0.100. The van der Waals surface area contributed by atoms with E-state index in [9.17, 15) is 9.59 Å². The van der Waals surface area contributed by atoms with Crippen LogP contribution >= 0.6 is 0 Å². The molecule has 1 amide bonds. The molecule has 0 spiro atoms. The molecule has 1 rings (SSSR count). The van der Waals surface area contributed by atoms with Crippen molar-refractivity contribution in [3.8, 4) is 0 Å². The zero-order valence-corrected chi connectivity index (χ0v) is 8.61. The van der Waals surface area contributed by atoms with Crippen molar-refractivity contribution in [2.75, 3.05) is 7.11 Å². The van der Waals surface area contributed by atoms with E-state index in [1.807, 2.05) is 0 Å². The lowest BCUT2D eigenvalue weighted by Crippen LogP contribution is -2.35. The minimum absolute atomic E-state index is 0.234. The second kappa shape index (κ2) is 4.92. The Hall–Kier alpha value is -2.37. The lowest BCUT2D eigenvalue weighted by atomic mass is 10.1. The van der Waals surface area contributed by atoms with E-state index in [1.54, 1.807) is 6.07 Å². The van der Waals surface area contributed by atoms with Gasteiger partial charge in [-0.2, -0.15) is 0 Å². The van der Waals surface area contributed by atoms with Crippen LogP contribution in [0.1, 0.15) is 20.7 Å². The first-order valence-electron chi connectivity index (χ1n) is 4.38. The third-order valence-corrected chi connectivity index (χ3v) is 1.79. The number of esters is 1. The number of amides is 1. The van der Waals surface area contributed by atoms with E-state index in [1.165, 1.54) is 25.3 Å². The van der Waals surface area contributed by atoms with Crippen molar-refractivity contribution in [1.82, 2.24) is 5.32 Å². The molecule has 0 saturated heterocycles. The van der Waals surface area contributed by atoms with Gasteiger partial charge in [-0.3, -0.25) is 15.5 Å². The van der Waals surface area contributed by atoms with Gasteiger partial charge in [-0.05, 0) is 18.2 Å². The Morgan fingerprint density at radius 3 is 2.56 bits per heavy atom. The number of benzene rings is 1. The largest absolute Gasteiger partial charge is 0.465 e. The van der Waals surface area contributed by atoms with Gasteiger partial charge < -0.3 is 10.5 Å². The van der Waals surface area contributed by atoms with E-state index in [4.69, 9.17) is 11.1 Å². The molecule has 0 aromatic heterocycles. The second-order valence-electron chi connectivity index (χ2n) is 2.94. The molecule has 0 aliphatic carbocycles. The minimum Gasteiger partial charge on any atom is -0.465 e. The molecule has 0 atom stereocenters. The first kappa shape index (κ1) is 11.7. The summed E-state index contributed by atoms with van der Waals surface area (Å²) in [6.07, 6.45) is 0. The summed E-state index contributed by atoms with van der Waals surface area (Å²) in [5, 5.41) is 9.02. The van der Waals surface area contributed by atoms with Crippen LogP contribution in [0.15, 0.2) is 24.3 Å². The molecule has 0 aliphatic heterocycles. The van der Waals surface area contributed by atoms with Gasteiger partial charge in [-0.1, -0.05) is 6.07 Å². The number of guanidine groups is 1. The van der Waals surface area contributed by atoms with Gasteiger partial charge in [0.2, 0.25) is 0 Å². The first-order chi connectivity index (χ1) is 7.54. The predicted molar refractivity (Wildman–Crippen MR) is 57.2 cm³/mol. The summed E-state index contributed by atoms with van der Waals surface area (Å²) in [4.78, 5) is 22.6. The number of methoxy groups -OCH3 is 1. The Morgan fingerprint density at radius 2 is 2.00 bits per heavy atom. The zero-order valence-electron chi connectivity index (χ0n) is 8.61. The smallest absolute Gasteiger partial charge is 0.337 e. The van der Waals surface area contributed by atoms with Crippen LogP contribution in [-0.2, 0) is 4.74 Å². The number of hydrogen-bond acceptors (Lipinski definition) is 4. The van der Waals surface area contributed by atoms with Crippen molar-refractivity contribution in [2.45, 2.75) is 0 Å². The average molecular weight is 221 g/mol. The molecule has 0 heterocycles. The third-order valence-electron chi connectivity index (χ3n) is 1.79. The van der Waals surface area contributed by atoms with E-state index in [0.717, 1.165) is 0 Å². The van der Waals surface area contributed by atoms with Crippen molar-refractivity contribution >= 4 is 17.8 Å². The molecule has 0 radical (unpaired) electrons. The summed E-state index contributed by atoms with van der Waals surface area (Å²) in [5.74, 6) is -1.52. The summed E-state index contributed by atoms with van der Waals surface area (Å²) in [7, 11) is 1.25. The lowest BCUT2D eigenvalue weighted by Gasteiger charge is -2.04. The number of carbonyl (C=O) groups excluding carboxylic acids is 2. The maximum Gasteiger partial charge on any atom is 0.337 e. The summed E-state index contributed by atoms with van der Waals surface area (Å²) in [6.45, 7) is 0. The molecule has 1 aromatic carbocycles. The highest BCUT2D eigenvalue weighted by Crippen LogP contribution is 2.06. The summed E-state index contributed by atoms with van der Waals surface area (Å²) in [5.41, 5.74) is 5.51. The van der Waals surface area contributed by atoms with Crippen molar-refractivity contribution in [2.24, 2.45) is 5.73 Å². The maximum absolute atomic E-state index is 11.4. The summed E-state index contributed by atoms with van der Waals surface area (Å²) >= 11 is 0. The lowest BCUT2D eigenvalue weighted by molar-refractivity contribution is 0.0600. The monoisotopic (exact) mass is 221 g/mol. The van der Waals surface area contributed by atoms with Crippen LogP contribution in [0, 0.1) is 5.41 Å². The van der Waals surface area contributed by atoms with Crippen LogP contribution in [0.2, 0.25) is 0 Å². The van der Waals surface area contributed by atoms with Gasteiger partial charge in [0.15, 0.2) is 5.96 Å². The molecule has 4 N–H and O–H groups in total. The molecular formula is C10H11N3O3. The van der Waals surface area contributed by atoms with E-state index >= 15 is 0 Å². The second-order valence-corrected chi connectivity index (χ2v) is 2.94. The Morgan fingerprint density at radius 1 is 1.38 bits per heavy atom. The number of nitrogens with two attached hydrogens (primary N) is 1. The first-order valence-corrected chi connectivity index (χ1v) is 4.38. The van der Waals surface area contributed by atoms with Gasteiger partial charge in [-0.15, -0.1) is 0 Å². The van der Waals surface area contributed by atoms with Crippen molar-refractivity contribution < 1.29 is 14.3 Å². The van der Waals surface area contributed by atoms with Crippen LogP contribution < -0.4 is 11.1 Å². The Labute approximate surface area is 91.9 Å². The molecule has 1 aromatic rings. The van der Waals surface area contributed by atoms with Crippen molar-refractivity contribution in [3.63, 3.8) is 0 Å². The normalized spacial score (nSPS) is 9.31. The summed E-state index contributed by atoms with van der Waals surface area (Å²) in [6, 6.07) is 5.94. The standard InChI is InChI=1S/C10H11N3O3/c1-16-9(15)7-4-2-3-6(5-7)8(14)13-10(11)12/h2-5H,1H3,(H4,11,12,13,14). The number of carbonyl (C=O) groups is 2. The minimum atomic E-state index is -0.543. The number of nitrogens with one attached hydrogen (secondary N) is 2. The third kappa shape index (κ3) is 2.81. The van der Waals surface area contributed by atoms with Crippen LogP contribution in [0.5, 0.6) is 0 Å². The molecule has 16 heavy (non-hydrogen) atoms. The van der Waals surface area contributed by atoms with Gasteiger partial charge in [0.1, 0.15) is 0 Å². The molecule has 0 fully saturated rings. The SMILES string of the molecule is COC(=O)c1cccc(C(=O)NC(=N)N)c1. The molecular weight excluding hydrogens is 210 g/mol. The zero-order chi connectivity index (χ0) is 12.1. The van der Waals surface area contributed by atoms with Crippen molar-refractivity contribution in [1.29, 1.82) is 5.41 Å². The summed E-state index contributed by atoms with van der Waals surface area (Å²) < 4.78 is 4.51. The molecule has 6 nitrogen and oxygen atoms in total. The van der Waals surface area contributed by atoms with Gasteiger partial charge in [0.05, 0.1) is 12.7 Å². The van der Waals surface area contributed by atoms with Gasteiger partial charge >= 0.3 is 5.97 Å². The molecule has 0 aliphatic rings. The van der Waals surface area contributed by atoms with E-state index in [-0.39, 0.29) is 11.1 Å². The number of hydrogen-bond donors (Lipinski definition) is 3. The molecule has 0 bridgehead atoms. The van der Waals surface area contributed by atoms with Gasteiger partial charge in [-0.25, -0.2) is 4.79 Å². The fourth-order valence-corrected chi connectivity index (χ4v) is 1.10. The maximum atomic E-state index is 11.4. The van der Waals surface area contributed by atoms with E-state index in [0.29, 0.717) is 0 Å². The topological polar surface area (TPSA) is 105 Å². The van der Waals surface area contributed by atoms with Crippen molar-refractivity contribution in [3.05, 3.63) is 35.4 Å². The van der Waals surface area contributed by atoms with Crippen LogP contribution in [0.4, 0.5) is 0 Å². The van der Waals surface area contributed by atoms with Crippen LogP contribution in [0.3, 0.4) is 0 Å². The highest BCUT2D eigenvalue weighted by Gasteiger charge is 2.10. The van der Waals surface area contributed by atoms with Crippen LogP contribution in [0.25, 0.3) is 0 Å². The molecule has 0 unspecified atom stereocenters. The Balaban J connectivity index is 2.94. The highest BCUT2D eigenvalue weighted by atomic mass is 16.5. The molecule has 0 saturated carbocycles. The quantitative estimate of drug-likeness (QED) is 0.374. The number of ether oxygens (including phenoxy) is 1. The Bertz CT molecular complexity index is 443. The fourth-order valence-electron chi connectivity index (χ4n) is 1.10. The highest BCUT2D eigenvalue weighted by molar-refractivity contribution is 6.05. The Kier molecular flexibility index (Phi) is 3.60. The molecule has 84 valence electrons. The average Bonchev–Trinajstić information content (AvgIpc) is 2.27. The predicted octanol–water partition coefficient (Wildman–Crippen LogP) is 0.0965. The van der Waals surface area contributed by atoms with Gasteiger partial charge in [0, 0.05) is 5.56 Å². The van der Waals surface area contributed by atoms with E-state index in [2.05, 4.69) is 10.1 Å². The van der Waals surface area contributed by atoms with Crippen LogP contribution in [-0.4, -0.2) is 24.9 Å². The van der Waals surface area contributed by atoms with Gasteiger partial charge in [0.25, 0.3) is 5.91 Å². The molecule has 6 heteroatoms. The number of rotatable bonds is 2.